The third-order valence-electron chi connectivity index (χ3n) is 4.26. The lowest BCUT2D eigenvalue weighted by atomic mass is 10.1. The van der Waals surface area contributed by atoms with Gasteiger partial charge in [0.2, 0.25) is 0 Å². The van der Waals surface area contributed by atoms with Crippen molar-refractivity contribution in [2.75, 3.05) is 33.9 Å². The van der Waals surface area contributed by atoms with Crippen molar-refractivity contribution >= 4 is 52.0 Å². The molecule has 0 saturated carbocycles. The summed E-state index contributed by atoms with van der Waals surface area (Å²) in [4.78, 5) is 17.8. The molecule has 0 spiro atoms. The van der Waals surface area contributed by atoms with Gasteiger partial charge in [-0.3, -0.25) is 4.99 Å². The number of benzene rings is 1. The number of piperidine rings is 1. The van der Waals surface area contributed by atoms with E-state index in [4.69, 9.17) is 9.47 Å². The SMILES string of the molecule is CCOC(=O)N1CCC(NC(=NC)NCc2ccc(OC)c(Br)c2)CC1.I. The summed E-state index contributed by atoms with van der Waals surface area (Å²) in [5, 5.41) is 6.75. The van der Waals surface area contributed by atoms with E-state index >= 15 is 0 Å². The van der Waals surface area contributed by atoms with Crippen molar-refractivity contribution in [1.29, 1.82) is 0 Å². The Labute approximate surface area is 186 Å². The van der Waals surface area contributed by atoms with E-state index < -0.39 is 0 Å². The monoisotopic (exact) mass is 554 g/mol. The Morgan fingerprint density at radius 2 is 2.07 bits per heavy atom. The van der Waals surface area contributed by atoms with E-state index in [9.17, 15) is 4.79 Å². The number of ether oxygens (including phenoxy) is 2. The van der Waals surface area contributed by atoms with Crippen molar-refractivity contribution in [3.05, 3.63) is 28.2 Å². The van der Waals surface area contributed by atoms with Crippen LogP contribution in [-0.4, -0.2) is 56.8 Å². The Morgan fingerprint density at radius 3 is 2.63 bits per heavy atom. The van der Waals surface area contributed by atoms with Crippen LogP contribution in [0.2, 0.25) is 0 Å². The molecule has 1 fully saturated rings. The van der Waals surface area contributed by atoms with E-state index in [1.54, 1.807) is 19.1 Å². The minimum Gasteiger partial charge on any atom is -0.496 e. The molecule has 27 heavy (non-hydrogen) atoms. The van der Waals surface area contributed by atoms with E-state index in [0.717, 1.165) is 34.6 Å². The van der Waals surface area contributed by atoms with E-state index in [1.165, 1.54) is 0 Å². The maximum atomic E-state index is 11.8. The number of carbonyl (C=O) groups is 1. The van der Waals surface area contributed by atoms with Gasteiger partial charge in [-0.05, 0) is 53.4 Å². The van der Waals surface area contributed by atoms with Gasteiger partial charge in [-0.1, -0.05) is 6.07 Å². The number of likely N-dealkylation sites (tertiary alicyclic amines) is 1. The molecule has 152 valence electrons. The van der Waals surface area contributed by atoms with Gasteiger partial charge < -0.3 is 25.0 Å². The number of methoxy groups -OCH3 is 1. The Kier molecular flexibility index (Phi) is 10.8. The van der Waals surface area contributed by atoms with Gasteiger partial charge in [0.25, 0.3) is 0 Å². The lowest BCUT2D eigenvalue weighted by Gasteiger charge is -2.32. The van der Waals surface area contributed by atoms with Gasteiger partial charge in [-0.15, -0.1) is 24.0 Å². The van der Waals surface area contributed by atoms with Crippen molar-refractivity contribution < 1.29 is 14.3 Å². The number of hydrogen-bond acceptors (Lipinski definition) is 4. The topological polar surface area (TPSA) is 75.2 Å². The third kappa shape index (κ3) is 7.36. The molecule has 1 amide bonds. The first-order valence-corrected chi connectivity index (χ1v) is 9.58. The van der Waals surface area contributed by atoms with Gasteiger partial charge in [0.15, 0.2) is 5.96 Å². The second-order valence-electron chi connectivity index (χ2n) is 6.00. The van der Waals surface area contributed by atoms with Crippen molar-refractivity contribution in [3.63, 3.8) is 0 Å². The van der Waals surface area contributed by atoms with E-state index in [2.05, 4.69) is 31.6 Å². The maximum absolute atomic E-state index is 11.8. The minimum absolute atomic E-state index is 0. The Morgan fingerprint density at radius 1 is 1.37 bits per heavy atom. The van der Waals surface area contributed by atoms with Crippen LogP contribution in [-0.2, 0) is 11.3 Å². The predicted octanol–water partition coefficient (Wildman–Crippen LogP) is 3.36. The van der Waals surface area contributed by atoms with Crippen LogP contribution in [0.1, 0.15) is 25.3 Å². The molecule has 2 rings (SSSR count). The van der Waals surface area contributed by atoms with Crippen molar-refractivity contribution in [2.24, 2.45) is 4.99 Å². The summed E-state index contributed by atoms with van der Waals surface area (Å²) < 4.78 is 11.2. The molecule has 1 aliphatic heterocycles. The molecule has 1 aliphatic rings. The standard InChI is InChI=1S/C18H27BrN4O3.HI/c1-4-26-18(24)23-9-7-14(8-10-23)22-17(20-2)21-12-13-5-6-16(25-3)15(19)11-13;/h5-6,11,14H,4,7-10,12H2,1-3H3,(H2,20,21,22);1H. The number of rotatable bonds is 5. The molecule has 0 aromatic heterocycles. The van der Waals surface area contributed by atoms with E-state index in [1.807, 2.05) is 25.1 Å². The summed E-state index contributed by atoms with van der Waals surface area (Å²) in [5.74, 6) is 1.57. The number of halogens is 2. The Balaban J connectivity index is 0.00000364. The Bertz CT molecular complexity index is 637. The summed E-state index contributed by atoms with van der Waals surface area (Å²) in [7, 11) is 3.41. The largest absolute Gasteiger partial charge is 0.496 e. The fourth-order valence-corrected chi connectivity index (χ4v) is 3.40. The summed E-state index contributed by atoms with van der Waals surface area (Å²) in [6.45, 7) is 4.28. The molecule has 1 heterocycles. The fraction of sp³-hybridized carbons (Fsp3) is 0.556. The molecule has 0 aliphatic carbocycles. The molecule has 0 atom stereocenters. The van der Waals surface area contributed by atoms with Crippen LogP contribution in [0.3, 0.4) is 0 Å². The number of nitrogens with zero attached hydrogens (tertiary/aromatic N) is 2. The van der Waals surface area contributed by atoms with Gasteiger partial charge in [0.1, 0.15) is 5.75 Å². The molecule has 2 N–H and O–H groups in total. The lowest BCUT2D eigenvalue weighted by molar-refractivity contribution is 0.0963. The van der Waals surface area contributed by atoms with Crippen molar-refractivity contribution in [1.82, 2.24) is 15.5 Å². The molecule has 0 radical (unpaired) electrons. The van der Waals surface area contributed by atoms with Crippen molar-refractivity contribution in [2.45, 2.75) is 32.4 Å². The summed E-state index contributed by atoms with van der Waals surface area (Å²) in [5.41, 5.74) is 1.12. The lowest BCUT2D eigenvalue weighted by Crippen LogP contribution is -2.49. The van der Waals surface area contributed by atoms with Crippen LogP contribution in [0.25, 0.3) is 0 Å². The highest BCUT2D eigenvalue weighted by molar-refractivity contribution is 14.0. The number of carbonyl (C=O) groups excluding carboxylic acids is 1. The van der Waals surface area contributed by atoms with Crippen LogP contribution >= 0.6 is 39.9 Å². The summed E-state index contributed by atoms with van der Waals surface area (Å²) >= 11 is 3.50. The number of amides is 1. The molecule has 7 nitrogen and oxygen atoms in total. The normalized spacial score (nSPS) is 15.0. The van der Waals surface area contributed by atoms with E-state index in [-0.39, 0.29) is 36.1 Å². The number of hydrogen-bond donors (Lipinski definition) is 2. The molecular formula is C18H28BrIN4O3. The zero-order valence-corrected chi connectivity index (χ0v) is 19.9. The molecule has 9 heteroatoms. The predicted molar refractivity (Wildman–Crippen MR) is 121 cm³/mol. The zero-order valence-electron chi connectivity index (χ0n) is 16.0. The number of nitrogens with one attached hydrogen (secondary N) is 2. The molecule has 1 aromatic carbocycles. The second kappa shape index (κ2) is 12.3. The third-order valence-corrected chi connectivity index (χ3v) is 4.88. The van der Waals surface area contributed by atoms with Crippen LogP contribution in [0.5, 0.6) is 5.75 Å². The van der Waals surface area contributed by atoms with Crippen molar-refractivity contribution in [3.8, 4) is 5.75 Å². The average Bonchev–Trinajstić information content (AvgIpc) is 2.66. The zero-order chi connectivity index (χ0) is 18.9. The maximum Gasteiger partial charge on any atom is 0.409 e. The summed E-state index contributed by atoms with van der Waals surface area (Å²) in [6, 6.07) is 6.26. The molecule has 0 bridgehead atoms. The van der Waals surface area contributed by atoms with Gasteiger partial charge in [-0.2, -0.15) is 0 Å². The smallest absolute Gasteiger partial charge is 0.409 e. The van der Waals surface area contributed by atoms with Crippen LogP contribution in [0, 0.1) is 0 Å². The van der Waals surface area contributed by atoms with Crippen LogP contribution in [0.4, 0.5) is 4.79 Å². The Hall–Kier alpha value is -1.23. The highest BCUT2D eigenvalue weighted by Gasteiger charge is 2.24. The van der Waals surface area contributed by atoms with Gasteiger partial charge in [0.05, 0.1) is 18.2 Å². The first-order chi connectivity index (χ1) is 12.6. The minimum atomic E-state index is -0.224. The number of guanidine groups is 1. The highest BCUT2D eigenvalue weighted by atomic mass is 127. The average molecular weight is 555 g/mol. The summed E-state index contributed by atoms with van der Waals surface area (Å²) in [6.07, 6.45) is 1.51. The highest BCUT2D eigenvalue weighted by Crippen LogP contribution is 2.25. The molecule has 1 saturated heterocycles. The molecule has 0 unspecified atom stereocenters. The molecule has 1 aromatic rings. The second-order valence-corrected chi connectivity index (χ2v) is 6.85. The number of aliphatic imine (C=N–C) groups is 1. The van der Waals surface area contributed by atoms with Gasteiger partial charge >= 0.3 is 6.09 Å². The van der Waals surface area contributed by atoms with Crippen LogP contribution < -0.4 is 15.4 Å². The first-order valence-electron chi connectivity index (χ1n) is 8.78. The van der Waals surface area contributed by atoms with Crippen LogP contribution in [0.15, 0.2) is 27.7 Å². The molecular weight excluding hydrogens is 527 g/mol. The quantitative estimate of drug-likeness (QED) is 0.332. The van der Waals surface area contributed by atoms with Gasteiger partial charge in [-0.25, -0.2) is 4.79 Å². The first kappa shape index (κ1) is 23.8. The van der Waals surface area contributed by atoms with E-state index in [0.29, 0.717) is 26.2 Å². The van der Waals surface area contributed by atoms with Gasteiger partial charge in [0, 0.05) is 32.7 Å². The fourth-order valence-electron chi connectivity index (χ4n) is 2.81.